The summed E-state index contributed by atoms with van der Waals surface area (Å²) in [5.41, 5.74) is 2.11. The number of oxazole rings is 1. The van der Waals surface area contributed by atoms with Gasteiger partial charge in [-0.3, -0.25) is 0 Å². The van der Waals surface area contributed by atoms with Crippen molar-refractivity contribution >= 4 is 0 Å². The van der Waals surface area contributed by atoms with Crippen molar-refractivity contribution in [2.24, 2.45) is 0 Å². The smallest absolute Gasteiger partial charge is 0.444 e. The number of hydrogen-bond donors (Lipinski definition) is 0. The lowest BCUT2D eigenvalue weighted by molar-refractivity contribution is -0.274. The van der Waals surface area contributed by atoms with Crippen LogP contribution in [0.2, 0.25) is 0 Å². The predicted octanol–water partition coefficient (Wildman–Crippen LogP) is 6.85. The van der Waals surface area contributed by atoms with Crippen LogP contribution in [0, 0.1) is 11.6 Å². The molecule has 4 rings (SSSR count). The molecule has 1 aromatic heterocycles. The third-order valence-electron chi connectivity index (χ3n) is 4.28. The largest absolute Gasteiger partial charge is 0.573 e. The van der Waals surface area contributed by atoms with E-state index in [1.165, 1.54) is 36.6 Å². The van der Waals surface area contributed by atoms with Crippen LogP contribution in [0.5, 0.6) is 5.75 Å². The van der Waals surface area contributed by atoms with Gasteiger partial charge in [0.1, 0.15) is 34.9 Å². The Labute approximate surface area is 167 Å². The van der Waals surface area contributed by atoms with E-state index in [1.54, 1.807) is 24.3 Å². The molecular weight excluding hydrogens is 405 g/mol. The molecule has 3 aromatic carbocycles. The molecule has 1 heterocycles. The molecule has 0 aliphatic carbocycles. The lowest BCUT2D eigenvalue weighted by Gasteiger charge is -2.09. The number of nitrogens with zero attached hydrogens (tertiary/aromatic N) is 1. The van der Waals surface area contributed by atoms with E-state index in [4.69, 9.17) is 4.42 Å². The van der Waals surface area contributed by atoms with Crippen molar-refractivity contribution in [2.75, 3.05) is 0 Å². The fraction of sp³-hybridized carbons (Fsp3) is 0.0455. The van der Waals surface area contributed by atoms with Crippen LogP contribution in [0.4, 0.5) is 22.0 Å². The second kappa shape index (κ2) is 7.62. The van der Waals surface area contributed by atoms with Gasteiger partial charge in [0, 0.05) is 5.56 Å². The van der Waals surface area contributed by atoms with E-state index in [0.29, 0.717) is 16.8 Å². The molecule has 3 nitrogen and oxygen atoms in total. The zero-order valence-corrected chi connectivity index (χ0v) is 15.1. The van der Waals surface area contributed by atoms with Crippen LogP contribution in [-0.4, -0.2) is 11.3 Å². The Morgan fingerprint density at radius 3 is 1.83 bits per heavy atom. The van der Waals surface area contributed by atoms with Gasteiger partial charge in [-0.2, -0.15) is 0 Å². The Bertz CT molecular complexity index is 1150. The van der Waals surface area contributed by atoms with Gasteiger partial charge >= 0.3 is 6.36 Å². The third kappa shape index (κ3) is 4.17. The van der Waals surface area contributed by atoms with Crippen LogP contribution in [0.15, 0.2) is 77.4 Å². The van der Waals surface area contributed by atoms with E-state index in [1.807, 2.05) is 0 Å². The van der Waals surface area contributed by atoms with E-state index in [2.05, 4.69) is 9.72 Å². The van der Waals surface area contributed by atoms with Gasteiger partial charge in [0.2, 0.25) is 5.89 Å². The molecule has 0 unspecified atom stereocenters. The second-order valence-electron chi connectivity index (χ2n) is 6.28. The summed E-state index contributed by atoms with van der Waals surface area (Å²) in [5, 5.41) is 0. The van der Waals surface area contributed by atoms with Crippen LogP contribution in [0.3, 0.4) is 0 Å². The Balaban J connectivity index is 1.55. The summed E-state index contributed by atoms with van der Waals surface area (Å²) in [6, 6.07) is 15.9. The monoisotopic (exact) mass is 417 g/mol. The molecule has 30 heavy (non-hydrogen) atoms. The average molecular weight is 417 g/mol. The number of ether oxygens (including phenoxy) is 1. The highest BCUT2D eigenvalue weighted by molar-refractivity contribution is 5.70. The fourth-order valence-corrected chi connectivity index (χ4v) is 2.91. The van der Waals surface area contributed by atoms with Crippen molar-refractivity contribution in [1.29, 1.82) is 0 Å². The first kappa shape index (κ1) is 19.6. The van der Waals surface area contributed by atoms with Crippen LogP contribution >= 0.6 is 0 Å². The third-order valence-corrected chi connectivity index (χ3v) is 4.28. The topological polar surface area (TPSA) is 35.3 Å². The molecule has 0 bridgehead atoms. The Hall–Kier alpha value is -3.68. The second-order valence-corrected chi connectivity index (χ2v) is 6.28. The van der Waals surface area contributed by atoms with E-state index in [-0.39, 0.29) is 17.2 Å². The molecule has 0 atom stereocenters. The molecule has 0 N–H and O–H groups in total. The minimum atomic E-state index is -4.74. The molecule has 4 aromatic rings. The van der Waals surface area contributed by atoms with E-state index < -0.39 is 18.0 Å². The van der Waals surface area contributed by atoms with Crippen LogP contribution < -0.4 is 4.74 Å². The number of alkyl halides is 3. The lowest BCUT2D eigenvalue weighted by atomic mass is 10.0. The van der Waals surface area contributed by atoms with Gasteiger partial charge in [0.25, 0.3) is 0 Å². The molecular formula is C22H12F5NO2. The maximum absolute atomic E-state index is 13.9. The molecule has 0 amide bonds. The molecule has 0 saturated heterocycles. The number of halogens is 5. The van der Waals surface area contributed by atoms with Crippen molar-refractivity contribution in [3.05, 3.63) is 84.6 Å². The van der Waals surface area contributed by atoms with Crippen LogP contribution in [0.1, 0.15) is 0 Å². The standard InChI is InChI=1S/C22H12F5NO2/c23-17-2-1-3-18(24)20(17)21-28-19(12-29-21)15-6-4-13(5-7-15)14-8-10-16(11-9-14)30-22(25,26)27/h1-12H. The van der Waals surface area contributed by atoms with Crippen molar-refractivity contribution in [3.63, 3.8) is 0 Å². The molecule has 0 spiro atoms. The Morgan fingerprint density at radius 2 is 1.27 bits per heavy atom. The highest BCUT2D eigenvalue weighted by Crippen LogP contribution is 2.31. The maximum atomic E-state index is 13.9. The zero-order valence-electron chi connectivity index (χ0n) is 15.1. The molecule has 8 heteroatoms. The van der Waals surface area contributed by atoms with Gasteiger partial charge in [0.15, 0.2) is 0 Å². The van der Waals surface area contributed by atoms with E-state index in [0.717, 1.165) is 17.7 Å². The summed E-state index contributed by atoms with van der Waals surface area (Å²) in [5.74, 6) is -2.04. The van der Waals surface area contributed by atoms with Gasteiger partial charge in [-0.25, -0.2) is 13.8 Å². The van der Waals surface area contributed by atoms with Crippen LogP contribution in [0.25, 0.3) is 33.8 Å². The van der Waals surface area contributed by atoms with Crippen molar-refractivity contribution in [1.82, 2.24) is 4.98 Å². The minimum absolute atomic E-state index is 0.176. The Morgan fingerprint density at radius 1 is 0.733 bits per heavy atom. The summed E-state index contributed by atoms with van der Waals surface area (Å²) >= 11 is 0. The van der Waals surface area contributed by atoms with Gasteiger partial charge in [-0.15, -0.1) is 13.2 Å². The molecule has 0 aliphatic rings. The van der Waals surface area contributed by atoms with Crippen LogP contribution in [-0.2, 0) is 0 Å². The SMILES string of the molecule is Fc1cccc(F)c1-c1nc(-c2ccc(-c3ccc(OC(F)(F)F)cc3)cc2)co1. The molecule has 0 saturated carbocycles. The molecule has 0 fully saturated rings. The number of rotatable bonds is 4. The zero-order chi connectivity index (χ0) is 21.3. The molecule has 152 valence electrons. The molecule has 0 radical (unpaired) electrons. The number of aromatic nitrogens is 1. The first-order valence-corrected chi connectivity index (χ1v) is 8.67. The minimum Gasteiger partial charge on any atom is -0.444 e. The highest BCUT2D eigenvalue weighted by Gasteiger charge is 2.31. The van der Waals surface area contributed by atoms with Crippen molar-refractivity contribution in [3.8, 4) is 39.6 Å². The first-order valence-electron chi connectivity index (χ1n) is 8.67. The first-order chi connectivity index (χ1) is 14.3. The van der Waals surface area contributed by atoms with Crippen molar-refractivity contribution < 1.29 is 31.1 Å². The number of benzene rings is 3. The predicted molar refractivity (Wildman–Crippen MR) is 99.4 cm³/mol. The van der Waals surface area contributed by atoms with Crippen molar-refractivity contribution in [2.45, 2.75) is 6.36 Å². The lowest BCUT2D eigenvalue weighted by Crippen LogP contribution is -2.16. The van der Waals surface area contributed by atoms with Gasteiger partial charge in [0.05, 0.1) is 0 Å². The average Bonchev–Trinajstić information content (AvgIpc) is 3.17. The fourth-order valence-electron chi connectivity index (χ4n) is 2.91. The van der Waals surface area contributed by atoms with E-state index >= 15 is 0 Å². The summed E-state index contributed by atoms with van der Waals surface area (Å²) < 4.78 is 73.6. The van der Waals surface area contributed by atoms with Gasteiger partial charge in [-0.05, 0) is 35.4 Å². The molecule has 0 aliphatic heterocycles. The van der Waals surface area contributed by atoms with Gasteiger partial charge < -0.3 is 9.15 Å². The summed E-state index contributed by atoms with van der Waals surface area (Å²) in [4.78, 5) is 4.15. The highest BCUT2D eigenvalue weighted by atomic mass is 19.4. The Kier molecular flexibility index (Phi) is 4.99. The summed E-state index contributed by atoms with van der Waals surface area (Å²) in [6.45, 7) is 0. The summed E-state index contributed by atoms with van der Waals surface area (Å²) in [7, 11) is 0. The van der Waals surface area contributed by atoms with E-state index in [9.17, 15) is 22.0 Å². The number of hydrogen-bond acceptors (Lipinski definition) is 3. The van der Waals surface area contributed by atoms with Gasteiger partial charge in [-0.1, -0.05) is 42.5 Å². The maximum Gasteiger partial charge on any atom is 0.573 e. The summed E-state index contributed by atoms with van der Waals surface area (Å²) in [6.07, 6.45) is -3.45. The quantitative estimate of drug-likeness (QED) is 0.341. The normalized spacial score (nSPS) is 11.5.